The number of anilines is 1. The Morgan fingerprint density at radius 3 is 2.53 bits per heavy atom. The summed E-state index contributed by atoms with van der Waals surface area (Å²) in [5.74, 6) is 0.674. The average molecular weight is 322 g/mol. The molecule has 5 heteroatoms. The van der Waals surface area contributed by atoms with Crippen molar-refractivity contribution >= 4 is 27.6 Å². The maximum Gasteiger partial charge on any atom is 0.340 e. The van der Waals surface area contributed by atoms with Gasteiger partial charge in [-0.05, 0) is 40.2 Å². The molecule has 2 aromatic carbocycles. The zero-order valence-electron chi connectivity index (χ0n) is 10.2. The van der Waals surface area contributed by atoms with E-state index in [4.69, 9.17) is 10.5 Å². The fraction of sp³-hybridized carbons (Fsp3) is 0.0714. The van der Waals surface area contributed by atoms with Crippen LogP contribution in [0.2, 0.25) is 0 Å². The molecule has 0 aliphatic rings. The minimum Gasteiger partial charge on any atom is -0.465 e. The first-order valence-corrected chi connectivity index (χ1v) is 6.31. The molecule has 0 aliphatic carbocycles. The highest BCUT2D eigenvalue weighted by atomic mass is 79.9. The molecule has 0 radical (unpaired) electrons. The van der Waals surface area contributed by atoms with Gasteiger partial charge in [0.05, 0.1) is 17.1 Å². The van der Waals surface area contributed by atoms with E-state index in [2.05, 4.69) is 20.7 Å². The van der Waals surface area contributed by atoms with Crippen LogP contribution < -0.4 is 10.5 Å². The van der Waals surface area contributed by atoms with E-state index < -0.39 is 5.97 Å². The monoisotopic (exact) mass is 321 g/mol. The number of benzene rings is 2. The molecule has 19 heavy (non-hydrogen) atoms. The summed E-state index contributed by atoms with van der Waals surface area (Å²) in [6.45, 7) is 0. The van der Waals surface area contributed by atoms with Gasteiger partial charge in [0, 0.05) is 5.69 Å². The van der Waals surface area contributed by atoms with Crippen LogP contribution >= 0.6 is 15.9 Å². The molecule has 2 N–H and O–H groups in total. The second-order valence-corrected chi connectivity index (χ2v) is 4.63. The van der Waals surface area contributed by atoms with Crippen molar-refractivity contribution in [1.29, 1.82) is 0 Å². The van der Waals surface area contributed by atoms with Gasteiger partial charge in [-0.3, -0.25) is 0 Å². The minimum atomic E-state index is -0.497. The molecule has 0 unspecified atom stereocenters. The molecule has 2 aromatic rings. The van der Waals surface area contributed by atoms with Crippen LogP contribution in [0.4, 0.5) is 5.69 Å². The van der Waals surface area contributed by atoms with Crippen molar-refractivity contribution in [2.75, 3.05) is 12.8 Å². The van der Waals surface area contributed by atoms with E-state index in [1.54, 1.807) is 12.1 Å². The number of carbonyl (C=O) groups is 1. The number of halogens is 1. The van der Waals surface area contributed by atoms with E-state index >= 15 is 0 Å². The molecular weight excluding hydrogens is 310 g/mol. The summed E-state index contributed by atoms with van der Waals surface area (Å²) in [6, 6.07) is 12.4. The van der Waals surface area contributed by atoms with Gasteiger partial charge >= 0.3 is 5.97 Å². The summed E-state index contributed by atoms with van der Waals surface area (Å²) in [5, 5.41) is 0. The SMILES string of the molecule is COC(=O)c1cc(Oc2ccccc2)c(Br)cc1N. The number of para-hydroxylation sites is 1. The fourth-order valence-corrected chi connectivity index (χ4v) is 1.99. The van der Waals surface area contributed by atoms with Gasteiger partial charge in [0.2, 0.25) is 0 Å². The Labute approximate surface area is 119 Å². The number of rotatable bonds is 3. The molecule has 0 saturated heterocycles. The van der Waals surface area contributed by atoms with Gasteiger partial charge in [-0.2, -0.15) is 0 Å². The molecule has 0 spiro atoms. The Morgan fingerprint density at radius 1 is 1.21 bits per heavy atom. The van der Waals surface area contributed by atoms with Crippen molar-refractivity contribution in [3.05, 3.63) is 52.5 Å². The topological polar surface area (TPSA) is 61.5 Å². The molecule has 0 atom stereocenters. The number of nitrogen functional groups attached to an aromatic ring is 1. The molecule has 4 nitrogen and oxygen atoms in total. The number of nitrogens with two attached hydrogens (primary N) is 1. The van der Waals surface area contributed by atoms with Crippen LogP contribution in [0.5, 0.6) is 11.5 Å². The predicted octanol–water partition coefficient (Wildman–Crippen LogP) is 3.61. The normalized spacial score (nSPS) is 10.0. The Bertz CT molecular complexity index is 599. The second kappa shape index (κ2) is 5.75. The Kier molecular flexibility index (Phi) is 4.06. The summed E-state index contributed by atoms with van der Waals surface area (Å²) in [7, 11) is 1.31. The summed E-state index contributed by atoms with van der Waals surface area (Å²) < 4.78 is 11.0. The van der Waals surface area contributed by atoms with E-state index in [-0.39, 0.29) is 5.56 Å². The molecule has 98 valence electrons. The van der Waals surface area contributed by atoms with E-state index in [0.717, 1.165) is 0 Å². The van der Waals surface area contributed by atoms with E-state index in [1.807, 2.05) is 30.3 Å². The van der Waals surface area contributed by atoms with Crippen LogP contribution in [0.15, 0.2) is 46.9 Å². The van der Waals surface area contributed by atoms with Gasteiger partial charge < -0.3 is 15.2 Å². The van der Waals surface area contributed by atoms with Crippen LogP contribution in [0, 0.1) is 0 Å². The van der Waals surface area contributed by atoms with Crippen LogP contribution in [0.1, 0.15) is 10.4 Å². The first-order chi connectivity index (χ1) is 9.11. The van der Waals surface area contributed by atoms with Crippen molar-refractivity contribution in [3.63, 3.8) is 0 Å². The number of methoxy groups -OCH3 is 1. The summed E-state index contributed by atoms with van der Waals surface area (Å²) >= 11 is 3.35. The molecule has 0 aromatic heterocycles. The number of ether oxygens (including phenoxy) is 2. The van der Waals surface area contributed by atoms with Crippen molar-refractivity contribution in [1.82, 2.24) is 0 Å². The summed E-state index contributed by atoms with van der Waals surface area (Å²) in [4.78, 5) is 11.6. The van der Waals surface area contributed by atoms with Gasteiger partial charge in [0.15, 0.2) is 0 Å². The first-order valence-electron chi connectivity index (χ1n) is 5.52. The zero-order valence-corrected chi connectivity index (χ0v) is 11.8. The lowest BCUT2D eigenvalue weighted by Gasteiger charge is -2.11. The van der Waals surface area contributed by atoms with Crippen LogP contribution in [-0.4, -0.2) is 13.1 Å². The summed E-state index contributed by atoms with van der Waals surface area (Å²) in [5.41, 5.74) is 6.38. The van der Waals surface area contributed by atoms with Crippen molar-refractivity contribution in [3.8, 4) is 11.5 Å². The van der Waals surface area contributed by atoms with Crippen molar-refractivity contribution in [2.24, 2.45) is 0 Å². The van der Waals surface area contributed by atoms with Crippen molar-refractivity contribution < 1.29 is 14.3 Å². The quantitative estimate of drug-likeness (QED) is 0.693. The highest BCUT2D eigenvalue weighted by molar-refractivity contribution is 9.10. The third kappa shape index (κ3) is 3.06. The fourth-order valence-electron chi connectivity index (χ4n) is 1.55. The van der Waals surface area contributed by atoms with Crippen LogP contribution in [-0.2, 0) is 4.74 Å². The maximum absolute atomic E-state index is 11.6. The average Bonchev–Trinajstić information content (AvgIpc) is 2.42. The predicted molar refractivity (Wildman–Crippen MR) is 76.4 cm³/mol. The van der Waals surface area contributed by atoms with E-state index in [1.165, 1.54) is 7.11 Å². The smallest absolute Gasteiger partial charge is 0.340 e. The van der Waals surface area contributed by atoms with E-state index in [0.29, 0.717) is 21.7 Å². The standard InChI is InChI=1S/C14H12BrNO3/c1-18-14(17)10-7-13(11(15)8-12(10)16)19-9-5-3-2-4-6-9/h2-8H,16H2,1H3. The highest BCUT2D eigenvalue weighted by Crippen LogP contribution is 2.33. The Morgan fingerprint density at radius 2 is 1.89 bits per heavy atom. The lowest BCUT2D eigenvalue weighted by Crippen LogP contribution is -2.06. The molecule has 0 saturated carbocycles. The molecule has 0 fully saturated rings. The van der Waals surface area contributed by atoms with E-state index in [9.17, 15) is 4.79 Å². The molecule has 0 aliphatic heterocycles. The van der Waals surface area contributed by atoms with Gasteiger partial charge in [-0.1, -0.05) is 18.2 Å². The third-order valence-electron chi connectivity index (χ3n) is 2.48. The van der Waals surface area contributed by atoms with Gasteiger partial charge in [0.1, 0.15) is 11.5 Å². The zero-order chi connectivity index (χ0) is 13.8. The molecule has 2 rings (SSSR count). The van der Waals surface area contributed by atoms with Crippen molar-refractivity contribution in [2.45, 2.75) is 0 Å². The maximum atomic E-state index is 11.6. The first kappa shape index (κ1) is 13.4. The molecule has 0 amide bonds. The van der Waals surface area contributed by atoms with Gasteiger partial charge in [0.25, 0.3) is 0 Å². The van der Waals surface area contributed by atoms with Gasteiger partial charge in [-0.25, -0.2) is 4.79 Å². The third-order valence-corrected chi connectivity index (χ3v) is 3.10. The Balaban J connectivity index is 2.38. The summed E-state index contributed by atoms with van der Waals surface area (Å²) in [6.07, 6.45) is 0. The second-order valence-electron chi connectivity index (χ2n) is 3.78. The lowest BCUT2D eigenvalue weighted by atomic mass is 10.1. The molecule has 0 heterocycles. The minimum absolute atomic E-state index is 0.275. The molecule has 0 bridgehead atoms. The van der Waals surface area contributed by atoms with Crippen LogP contribution in [0.25, 0.3) is 0 Å². The molecular formula is C14H12BrNO3. The number of hydrogen-bond donors (Lipinski definition) is 1. The highest BCUT2D eigenvalue weighted by Gasteiger charge is 2.14. The number of hydrogen-bond acceptors (Lipinski definition) is 4. The van der Waals surface area contributed by atoms with Crippen LogP contribution in [0.3, 0.4) is 0 Å². The largest absolute Gasteiger partial charge is 0.465 e. The van der Waals surface area contributed by atoms with Gasteiger partial charge in [-0.15, -0.1) is 0 Å². The lowest BCUT2D eigenvalue weighted by molar-refractivity contribution is 0.0601. The number of esters is 1. The number of carbonyl (C=O) groups excluding carboxylic acids is 1. The Hall–Kier alpha value is -2.01.